The molecule has 0 spiro atoms. The van der Waals surface area contributed by atoms with Gasteiger partial charge in [-0.05, 0) is 208 Å². The highest BCUT2D eigenvalue weighted by Crippen LogP contribution is 2.38. The molecule has 17 nitrogen and oxygen atoms in total. The first-order valence-corrected chi connectivity index (χ1v) is 27.7. The number of aryl methyl sites for hydroxylation is 3. The minimum Gasteiger partial charge on any atom is -0.399 e. The quantitative estimate of drug-likeness (QED) is 0.103. The van der Waals surface area contributed by atoms with E-state index in [4.69, 9.17) is 26.5 Å². The number of aromatic nitrogens is 12. The average Bonchev–Trinajstić information content (AvgIpc) is 1.80. The van der Waals surface area contributed by atoms with E-state index in [1.165, 1.54) is 54.6 Å². The molecular weight excluding hydrogens is 1200 g/mol. The summed E-state index contributed by atoms with van der Waals surface area (Å²) in [7, 11) is -0.562. The largest absolute Gasteiger partial charge is 0.494 e. The SMILES string of the molecule is Cc1ccnc2c(F)cc(-c3nnc(N)nc3-c3ccc(F)cc3)cc12.Cc1ccnc2c(F)cc(-c3nnc(N)nc3-c3ccc(F)cc3)cc12.Cc1ccnc2c(F)cc(B3OC(C)(C)C(C)(C)O3)cc12.Nc1nnc(Br)c(-c2ccc(F)cc2)n1. The molecule has 1 aliphatic heterocycles. The monoisotopic (exact) mass is 1250 g/mol. The Morgan fingerprint density at radius 1 is 0.386 bits per heavy atom. The van der Waals surface area contributed by atoms with Gasteiger partial charge in [0.1, 0.15) is 79.9 Å². The zero-order valence-corrected chi connectivity index (χ0v) is 49.6. The summed E-state index contributed by atoms with van der Waals surface area (Å²) in [6.45, 7) is 13.6. The van der Waals surface area contributed by atoms with Gasteiger partial charge >= 0.3 is 7.12 Å². The maximum atomic E-state index is 14.6. The van der Waals surface area contributed by atoms with E-state index in [1.54, 1.807) is 79.3 Å². The molecule has 6 aromatic carbocycles. The number of nitrogens with zero attached hydrogens (tertiary/aromatic N) is 12. The van der Waals surface area contributed by atoms with Gasteiger partial charge in [0, 0.05) is 62.6 Å². The van der Waals surface area contributed by atoms with Crippen LogP contribution in [-0.4, -0.2) is 78.8 Å². The first kappa shape index (κ1) is 61.1. The Bertz CT molecular complexity index is 4400. The molecule has 6 N–H and O–H groups in total. The standard InChI is InChI=1S/2C19H13F2N5.C16H19BFNO2.C9H6BrFN4/c2*1-10-6-7-23-18-14(10)8-12(9-15(18)21)17-16(24-19(22)26-25-17)11-2-4-13(20)5-3-11;1-10-6-7-19-14-12(10)8-11(9-13(14)18)17-20-15(2,3)16(4,5)21-17;10-8-7(13-9(12)15-14-8)5-1-3-6(11)4-2-5/h2*2-9H,1H3,(H2,22,24,26);6-9H,1-5H3;1-4H,(H2,12,13,15). The molecule has 442 valence electrons. The fourth-order valence-corrected chi connectivity index (χ4v) is 9.64. The Kier molecular flexibility index (Phi) is 17.5. The minimum atomic E-state index is -0.562. The van der Waals surface area contributed by atoms with Gasteiger partial charge in [-0.3, -0.25) is 15.0 Å². The highest BCUT2D eigenvalue weighted by Gasteiger charge is 2.52. The molecule has 0 amide bonds. The zero-order valence-electron chi connectivity index (χ0n) is 48.0. The Labute approximate surface area is 508 Å². The van der Waals surface area contributed by atoms with Crippen LogP contribution in [0, 0.1) is 55.7 Å². The van der Waals surface area contributed by atoms with Crippen molar-refractivity contribution in [1.82, 2.24) is 60.5 Å². The van der Waals surface area contributed by atoms with Crippen molar-refractivity contribution in [2.75, 3.05) is 17.2 Å². The molecule has 0 atom stereocenters. The fourth-order valence-electron chi connectivity index (χ4n) is 9.24. The van der Waals surface area contributed by atoms with Gasteiger partial charge in [-0.1, -0.05) is 6.07 Å². The predicted molar refractivity (Wildman–Crippen MR) is 330 cm³/mol. The van der Waals surface area contributed by atoms with Crippen LogP contribution < -0.4 is 22.7 Å². The summed E-state index contributed by atoms with van der Waals surface area (Å²) in [5.41, 5.74) is 25.3. The molecule has 0 saturated carbocycles. The molecule has 0 bridgehead atoms. The zero-order chi connectivity index (χ0) is 62.8. The van der Waals surface area contributed by atoms with E-state index in [9.17, 15) is 26.3 Å². The summed E-state index contributed by atoms with van der Waals surface area (Å²) in [5.74, 6) is -2.29. The van der Waals surface area contributed by atoms with Gasteiger partial charge in [0.2, 0.25) is 17.8 Å². The second-order valence-corrected chi connectivity index (χ2v) is 21.9. The molecule has 25 heteroatoms. The van der Waals surface area contributed by atoms with E-state index in [0.29, 0.717) is 77.1 Å². The van der Waals surface area contributed by atoms with E-state index in [-0.39, 0.29) is 52.1 Å². The number of hydrogen-bond acceptors (Lipinski definition) is 17. The Morgan fingerprint density at radius 2 is 0.716 bits per heavy atom. The van der Waals surface area contributed by atoms with Gasteiger partial charge in [0.25, 0.3) is 0 Å². The summed E-state index contributed by atoms with van der Waals surface area (Å²) < 4.78 is 95.1. The lowest BCUT2D eigenvalue weighted by molar-refractivity contribution is 0.00578. The number of hydrogen-bond donors (Lipinski definition) is 3. The van der Waals surface area contributed by atoms with Crippen LogP contribution in [-0.2, 0) is 9.31 Å². The topological polar surface area (TPSA) is 251 Å². The van der Waals surface area contributed by atoms with E-state index in [0.717, 1.165) is 27.6 Å². The van der Waals surface area contributed by atoms with E-state index >= 15 is 0 Å². The highest BCUT2D eigenvalue weighted by molar-refractivity contribution is 9.10. The number of nitrogens with two attached hydrogens (primary N) is 3. The smallest absolute Gasteiger partial charge is 0.399 e. The van der Waals surface area contributed by atoms with Crippen LogP contribution in [0.25, 0.3) is 89.0 Å². The number of rotatable bonds is 6. The van der Waals surface area contributed by atoms with Crippen LogP contribution in [0.5, 0.6) is 0 Å². The Hall–Kier alpha value is -9.98. The van der Waals surface area contributed by atoms with Crippen LogP contribution in [0.15, 0.2) is 151 Å². The third-order valence-corrected chi connectivity index (χ3v) is 15.1. The number of nitrogen functional groups attached to an aromatic ring is 3. The first-order valence-electron chi connectivity index (χ1n) is 26.9. The van der Waals surface area contributed by atoms with Crippen molar-refractivity contribution in [2.24, 2.45) is 0 Å². The van der Waals surface area contributed by atoms with Crippen molar-refractivity contribution in [1.29, 1.82) is 0 Å². The number of pyridine rings is 3. The van der Waals surface area contributed by atoms with Crippen LogP contribution in [0.3, 0.4) is 0 Å². The summed E-state index contributed by atoms with van der Waals surface area (Å²) in [4.78, 5) is 24.8. The number of anilines is 3. The summed E-state index contributed by atoms with van der Waals surface area (Å²) in [6, 6.07) is 32.5. The molecule has 7 heterocycles. The predicted octanol–water partition coefficient (Wildman–Crippen LogP) is 12.8. The molecule has 6 aromatic heterocycles. The van der Waals surface area contributed by atoms with Crippen molar-refractivity contribution >= 4 is 79.1 Å². The maximum Gasteiger partial charge on any atom is 0.494 e. The van der Waals surface area contributed by atoms with E-state index in [2.05, 4.69) is 76.4 Å². The fraction of sp³-hybridized carbons (Fsp3) is 0.143. The van der Waals surface area contributed by atoms with Crippen LogP contribution in [0.4, 0.5) is 44.2 Å². The molecule has 0 aliphatic carbocycles. The third-order valence-electron chi connectivity index (χ3n) is 14.6. The molecule has 1 saturated heterocycles. The normalized spacial score (nSPS) is 13.1. The lowest BCUT2D eigenvalue weighted by Crippen LogP contribution is -2.41. The lowest BCUT2D eigenvalue weighted by atomic mass is 9.78. The summed E-state index contributed by atoms with van der Waals surface area (Å²) in [6.07, 6.45) is 4.75. The Morgan fingerprint density at radius 3 is 1.10 bits per heavy atom. The van der Waals surface area contributed by atoms with Crippen molar-refractivity contribution < 1.29 is 35.7 Å². The third kappa shape index (κ3) is 13.2. The van der Waals surface area contributed by atoms with Crippen molar-refractivity contribution in [3.63, 3.8) is 0 Å². The second kappa shape index (κ2) is 25.2. The van der Waals surface area contributed by atoms with Gasteiger partial charge in [0.05, 0.1) is 11.2 Å². The van der Waals surface area contributed by atoms with E-state index < -0.39 is 30.0 Å². The number of halogens is 7. The molecule has 12 aromatic rings. The number of benzene rings is 6. The minimum absolute atomic E-state index is 0.0211. The molecule has 88 heavy (non-hydrogen) atoms. The molecule has 0 unspecified atom stereocenters. The first-order chi connectivity index (χ1) is 41.9. The van der Waals surface area contributed by atoms with Gasteiger partial charge in [-0.25, -0.2) is 41.3 Å². The Balaban J connectivity index is 0.000000132. The molecule has 1 aliphatic rings. The maximum absolute atomic E-state index is 14.6. The van der Waals surface area contributed by atoms with E-state index in [1.807, 2.05) is 60.6 Å². The highest BCUT2D eigenvalue weighted by atomic mass is 79.9. The number of fused-ring (bicyclic) bond motifs is 3. The van der Waals surface area contributed by atoms with Gasteiger partial charge in [-0.2, -0.15) is 0 Å². The van der Waals surface area contributed by atoms with Crippen molar-refractivity contribution in [2.45, 2.75) is 59.7 Å². The van der Waals surface area contributed by atoms with Crippen LogP contribution in [0.1, 0.15) is 44.4 Å². The van der Waals surface area contributed by atoms with Gasteiger partial charge in [-0.15, -0.1) is 30.6 Å². The van der Waals surface area contributed by atoms with Crippen molar-refractivity contribution in [3.05, 3.63) is 202 Å². The lowest BCUT2D eigenvalue weighted by Gasteiger charge is -2.32. The van der Waals surface area contributed by atoms with Crippen LogP contribution >= 0.6 is 15.9 Å². The molecule has 13 rings (SSSR count). The van der Waals surface area contributed by atoms with Crippen LogP contribution in [0.2, 0.25) is 0 Å². The summed E-state index contributed by atoms with van der Waals surface area (Å²) in [5, 5.41) is 25.3. The van der Waals surface area contributed by atoms with Gasteiger partial charge < -0.3 is 26.5 Å². The molecular formula is C63H51BBrF6N15O2. The van der Waals surface area contributed by atoms with Crippen molar-refractivity contribution in [3.8, 4) is 56.3 Å². The molecule has 1 fully saturated rings. The summed E-state index contributed by atoms with van der Waals surface area (Å²) >= 11 is 3.20. The average molecular weight is 1250 g/mol. The molecule has 0 radical (unpaired) electrons. The second-order valence-electron chi connectivity index (χ2n) is 21.1. The van der Waals surface area contributed by atoms with Gasteiger partial charge in [0.15, 0.2) is 4.60 Å².